The molecule has 2 heterocycles. The highest BCUT2D eigenvalue weighted by molar-refractivity contribution is 7.86. The van der Waals surface area contributed by atoms with E-state index >= 15 is 0 Å². The van der Waals surface area contributed by atoms with E-state index < -0.39 is 15.6 Å². The number of pyridine rings is 2. The van der Waals surface area contributed by atoms with Crippen LogP contribution in [0.3, 0.4) is 0 Å². The molecule has 3 aromatic rings. The molecule has 126 valence electrons. The predicted molar refractivity (Wildman–Crippen MR) is 80.8 cm³/mol. The Labute approximate surface area is 136 Å². The van der Waals surface area contributed by atoms with Crippen LogP contribution in [0.25, 0.3) is 16.6 Å². The third-order valence-electron chi connectivity index (χ3n) is 3.03. The topological polar surface area (TPSA) is 61.3 Å². The van der Waals surface area contributed by atoms with Gasteiger partial charge in [-0.2, -0.15) is 17.6 Å². The van der Waals surface area contributed by atoms with Crippen molar-refractivity contribution in [1.29, 1.82) is 0 Å². The third-order valence-corrected chi connectivity index (χ3v) is 3.60. The van der Waals surface area contributed by atoms with Gasteiger partial charge in [-0.15, -0.1) is 0 Å². The Balaban J connectivity index is 0.000000224. The van der Waals surface area contributed by atoms with Gasteiger partial charge >= 0.3 is 5.51 Å². The van der Waals surface area contributed by atoms with E-state index in [4.69, 9.17) is 13.0 Å². The molecule has 0 fully saturated rings. The number of fused-ring (bicyclic) bond motifs is 1. The van der Waals surface area contributed by atoms with Gasteiger partial charge < -0.3 is 4.55 Å². The second-order valence-electron chi connectivity index (χ2n) is 4.71. The van der Waals surface area contributed by atoms with Gasteiger partial charge in [0.05, 0.1) is 0 Å². The lowest BCUT2D eigenvalue weighted by molar-refractivity contribution is -0.511. The predicted octanol–water partition coefficient (Wildman–Crippen LogP) is 3.14. The Morgan fingerprint density at radius 3 is 2.00 bits per heavy atom. The molecule has 0 radical (unpaired) electrons. The number of rotatable bonds is 1. The molecule has 0 saturated carbocycles. The van der Waals surface area contributed by atoms with E-state index in [1.165, 1.54) is 16.6 Å². The van der Waals surface area contributed by atoms with E-state index in [2.05, 4.69) is 65.3 Å². The maximum absolute atomic E-state index is 10.7. The molecule has 8 heteroatoms. The largest absolute Gasteiger partial charge is 0.741 e. The van der Waals surface area contributed by atoms with Gasteiger partial charge in [-0.3, -0.25) is 0 Å². The van der Waals surface area contributed by atoms with Crippen molar-refractivity contribution in [3.63, 3.8) is 0 Å². The molecule has 4 nitrogen and oxygen atoms in total. The molecule has 0 aliphatic carbocycles. The summed E-state index contributed by atoms with van der Waals surface area (Å²) in [5.74, 6) is 0. The Morgan fingerprint density at radius 2 is 1.42 bits per heavy atom. The zero-order valence-corrected chi connectivity index (χ0v) is 13.0. The molecular weight excluding hydrogens is 343 g/mol. The van der Waals surface area contributed by atoms with Crippen LogP contribution < -0.4 is 4.40 Å². The lowest BCUT2D eigenvalue weighted by atomic mass is 10.1. The van der Waals surface area contributed by atoms with Crippen LogP contribution >= 0.6 is 0 Å². The number of hydrogen-bond acceptors (Lipinski definition) is 3. The molecule has 0 spiro atoms. The van der Waals surface area contributed by atoms with Crippen molar-refractivity contribution in [3.8, 4) is 11.1 Å². The monoisotopic (exact) mass is 355 g/mol. The van der Waals surface area contributed by atoms with Crippen LogP contribution in [0.2, 0.25) is 0 Å². The number of halogens is 3. The normalized spacial score (nSPS) is 11.7. The molecule has 0 saturated heterocycles. The Bertz CT molecular complexity index is 926. The lowest BCUT2D eigenvalue weighted by Gasteiger charge is -2.08. The van der Waals surface area contributed by atoms with Gasteiger partial charge in [0.2, 0.25) is 5.52 Å². The van der Waals surface area contributed by atoms with Crippen LogP contribution in [0.1, 0.15) is 0 Å². The van der Waals surface area contributed by atoms with Gasteiger partial charge in [0.25, 0.3) is 0 Å². The first-order chi connectivity index (χ1) is 11.2. The second kappa shape index (κ2) is 6.98. The van der Waals surface area contributed by atoms with Gasteiger partial charge in [-0.1, -0.05) is 30.3 Å². The Morgan fingerprint density at radius 1 is 0.833 bits per heavy atom. The van der Waals surface area contributed by atoms with E-state index in [0.29, 0.717) is 0 Å². The molecule has 0 aliphatic rings. The quantitative estimate of drug-likeness (QED) is 0.383. The van der Waals surface area contributed by atoms with Gasteiger partial charge in [0.15, 0.2) is 22.5 Å². The van der Waals surface area contributed by atoms with Crippen LogP contribution in [-0.2, 0) is 10.1 Å². The van der Waals surface area contributed by atoms with Crippen LogP contribution in [0.4, 0.5) is 13.2 Å². The average molecular weight is 355 g/mol. The molecule has 1 aromatic carbocycles. The fraction of sp³-hybridized carbons (Fsp3) is 0.0625. The number of aromatic nitrogens is 1. The van der Waals surface area contributed by atoms with Crippen molar-refractivity contribution in [1.82, 2.24) is 0 Å². The summed E-state index contributed by atoms with van der Waals surface area (Å²) < 4.78 is 61.0. The smallest absolute Gasteiger partial charge is 0.485 e. The first kappa shape index (κ1) is 17.9. The molecule has 24 heavy (non-hydrogen) atoms. The third kappa shape index (κ3) is 4.53. The number of alkyl halides is 3. The zero-order chi connectivity index (χ0) is 17.8. The standard InChI is InChI=1S/C15H12N.CHF3O3S/c1-2-6-13(7-3-1)14-9-11-16-10-5-4-8-15(16)12-14;2-1(3,4)8(5,6)7/h1-12H;(H,5,6,7)/q+1;/p-1. The van der Waals surface area contributed by atoms with Crippen LogP contribution in [-0.4, -0.2) is 18.5 Å². The van der Waals surface area contributed by atoms with Crippen molar-refractivity contribution in [3.05, 3.63) is 73.1 Å². The first-order valence-corrected chi connectivity index (χ1v) is 8.07. The SMILES string of the molecule is O=S(=O)([O-])C(F)(F)F.c1ccc(-c2cc[n+]3ccccc3c2)cc1. The van der Waals surface area contributed by atoms with Crippen LogP contribution in [0, 0.1) is 0 Å². The molecule has 0 aliphatic heterocycles. The molecule has 2 aromatic heterocycles. The summed E-state index contributed by atoms with van der Waals surface area (Å²) in [6.07, 6.45) is 4.15. The maximum atomic E-state index is 10.7. The lowest BCUT2D eigenvalue weighted by Crippen LogP contribution is -2.21. The zero-order valence-electron chi connectivity index (χ0n) is 12.1. The van der Waals surface area contributed by atoms with Gasteiger partial charge in [-0.25, -0.2) is 8.42 Å². The number of nitrogens with zero attached hydrogens (tertiary/aromatic N) is 1. The minimum Gasteiger partial charge on any atom is -0.741 e. The molecular formula is C16H12F3NO3S. The number of hydrogen-bond donors (Lipinski definition) is 0. The molecule has 0 amide bonds. The highest BCUT2D eigenvalue weighted by Gasteiger charge is 2.36. The molecule has 3 rings (SSSR count). The second-order valence-corrected chi connectivity index (χ2v) is 6.09. The van der Waals surface area contributed by atoms with Crippen molar-refractivity contribution in [2.75, 3.05) is 0 Å². The minimum atomic E-state index is -6.09. The summed E-state index contributed by atoms with van der Waals surface area (Å²) in [4.78, 5) is 0. The van der Waals surface area contributed by atoms with Crippen molar-refractivity contribution in [2.45, 2.75) is 5.51 Å². The van der Waals surface area contributed by atoms with Crippen molar-refractivity contribution >= 4 is 15.6 Å². The fourth-order valence-electron chi connectivity index (χ4n) is 1.91. The highest BCUT2D eigenvalue weighted by Crippen LogP contribution is 2.20. The molecule has 0 N–H and O–H groups in total. The summed E-state index contributed by atoms with van der Waals surface area (Å²) in [7, 11) is -6.09. The highest BCUT2D eigenvalue weighted by atomic mass is 32.2. The first-order valence-electron chi connectivity index (χ1n) is 6.66. The number of benzene rings is 1. The van der Waals surface area contributed by atoms with Gasteiger partial charge in [-0.05, 0) is 17.2 Å². The molecule has 0 bridgehead atoms. The summed E-state index contributed by atoms with van der Waals surface area (Å²) in [6.45, 7) is 0. The van der Waals surface area contributed by atoms with Gasteiger partial charge in [0.1, 0.15) is 0 Å². The van der Waals surface area contributed by atoms with Crippen molar-refractivity contribution in [2.24, 2.45) is 0 Å². The van der Waals surface area contributed by atoms with E-state index in [9.17, 15) is 13.2 Å². The van der Waals surface area contributed by atoms with Crippen molar-refractivity contribution < 1.29 is 30.5 Å². The Kier molecular flexibility index (Phi) is 5.20. The minimum absolute atomic E-state index is 1.21. The van der Waals surface area contributed by atoms with E-state index in [1.54, 1.807) is 0 Å². The average Bonchev–Trinajstić information content (AvgIpc) is 2.54. The molecule has 0 atom stereocenters. The van der Waals surface area contributed by atoms with E-state index in [0.717, 1.165) is 0 Å². The summed E-state index contributed by atoms with van der Waals surface area (Å²) in [6, 6.07) is 21.0. The molecule has 0 unspecified atom stereocenters. The van der Waals surface area contributed by atoms with Crippen LogP contribution in [0.5, 0.6) is 0 Å². The summed E-state index contributed by atoms with van der Waals surface area (Å²) in [5.41, 5.74) is -1.92. The van der Waals surface area contributed by atoms with Gasteiger partial charge in [0, 0.05) is 24.3 Å². The summed E-state index contributed by atoms with van der Waals surface area (Å²) >= 11 is 0. The fourth-order valence-corrected chi connectivity index (χ4v) is 1.91. The van der Waals surface area contributed by atoms with E-state index in [1.807, 2.05) is 12.1 Å². The van der Waals surface area contributed by atoms with E-state index in [-0.39, 0.29) is 0 Å². The summed E-state index contributed by atoms with van der Waals surface area (Å²) in [5, 5.41) is 0. The Hall–Kier alpha value is -2.45. The van der Waals surface area contributed by atoms with Crippen LogP contribution in [0.15, 0.2) is 73.1 Å². The maximum Gasteiger partial charge on any atom is 0.485 e.